The van der Waals surface area contributed by atoms with Gasteiger partial charge in [0.2, 0.25) is 5.91 Å². The number of carbonyl (C=O) groups is 1. The summed E-state index contributed by atoms with van der Waals surface area (Å²) in [7, 11) is 1.65. The van der Waals surface area contributed by atoms with Crippen LogP contribution in [0.5, 0.6) is 0 Å². The Labute approximate surface area is 140 Å². The van der Waals surface area contributed by atoms with Crippen LogP contribution in [0.15, 0.2) is 29.4 Å². The molecule has 0 bridgehead atoms. The van der Waals surface area contributed by atoms with Gasteiger partial charge in [0.05, 0.1) is 11.3 Å². The number of nitrogens with one attached hydrogen (secondary N) is 2. The zero-order valence-electron chi connectivity index (χ0n) is 13.5. The van der Waals surface area contributed by atoms with Gasteiger partial charge in [-0.2, -0.15) is 0 Å². The molecule has 0 saturated carbocycles. The molecule has 1 aromatic carbocycles. The van der Waals surface area contributed by atoms with Gasteiger partial charge in [-0.05, 0) is 25.5 Å². The van der Waals surface area contributed by atoms with Gasteiger partial charge in [0.15, 0.2) is 5.16 Å². The van der Waals surface area contributed by atoms with E-state index < -0.39 is 0 Å². The number of hydrogen-bond acceptors (Lipinski definition) is 6. The van der Waals surface area contributed by atoms with Gasteiger partial charge >= 0.3 is 0 Å². The molecule has 0 spiro atoms. The molecular weight excluding hydrogens is 312 g/mol. The first-order valence-electron chi connectivity index (χ1n) is 7.63. The first-order valence-corrected chi connectivity index (χ1v) is 8.62. The summed E-state index contributed by atoms with van der Waals surface area (Å²) in [4.78, 5) is 20.8. The lowest BCUT2D eigenvalue weighted by atomic mass is 10.2. The minimum atomic E-state index is -0.0205. The molecule has 2 rings (SSSR count). The van der Waals surface area contributed by atoms with Crippen molar-refractivity contribution >= 4 is 34.4 Å². The zero-order valence-corrected chi connectivity index (χ0v) is 14.3. The third kappa shape index (κ3) is 5.37. The lowest BCUT2D eigenvalue weighted by molar-refractivity contribution is -0.118. The molecule has 0 atom stereocenters. The number of thioether (sulfide) groups is 1. The first kappa shape index (κ1) is 17.5. The fraction of sp³-hybridized carbons (Fsp3) is 0.438. The van der Waals surface area contributed by atoms with E-state index in [-0.39, 0.29) is 5.91 Å². The maximum atomic E-state index is 11.8. The van der Waals surface area contributed by atoms with E-state index in [4.69, 9.17) is 4.74 Å². The Kier molecular flexibility index (Phi) is 7.09. The van der Waals surface area contributed by atoms with Gasteiger partial charge in [-0.25, -0.2) is 9.97 Å². The minimum absolute atomic E-state index is 0.0205. The summed E-state index contributed by atoms with van der Waals surface area (Å²) in [6, 6.07) is 7.85. The van der Waals surface area contributed by atoms with Gasteiger partial charge in [-0.3, -0.25) is 4.79 Å². The van der Waals surface area contributed by atoms with Crippen molar-refractivity contribution in [1.29, 1.82) is 0 Å². The van der Waals surface area contributed by atoms with Crippen molar-refractivity contribution < 1.29 is 9.53 Å². The molecule has 0 aliphatic rings. The number of methoxy groups -OCH3 is 1. The monoisotopic (exact) mass is 334 g/mol. The van der Waals surface area contributed by atoms with Gasteiger partial charge in [-0.15, -0.1) is 0 Å². The highest BCUT2D eigenvalue weighted by Gasteiger charge is 2.09. The van der Waals surface area contributed by atoms with E-state index in [1.165, 1.54) is 11.8 Å². The molecule has 1 heterocycles. The van der Waals surface area contributed by atoms with Crippen molar-refractivity contribution in [3.8, 4) is 0 Å². The van der Waals surface area contributed by atoms with E-state index in [2.05, 4.69) is 20.6 Å². The van der Waals surface area contributed by atoms with Crippen LogP contribution in [-0.4, -0.2) is 48.4 Å². The number of carbonyl (C=O) groups excluding carboxylic acids is 1. The predicted molar refractivity (Wildman–Crippen MR) is 93.9 cm³/mol. The van der Waals surface area contributed by atoms with Crippen LogP contribution in [0.2, 0.25) is 0 Å². The standard InChI is InChI=1S/C16H22N4O2S/c1-3-17-15-12-7-4-5-8-13(12)19-16(20-15)23-11-14(21)18-9-6-10-22-2/h4-5,7-8H,3,6,9-11H2,1-2H3,(H,18,21)(H,17,19,20). The number of anilines is 1. The Hall–Kier alpha value is -1.86. The Balaban J connectivity index is 1.98. The molecule has 2 aromatic rings. The smallest absolute Gasteiger partial charge is 0.230 e. The second kappa shape index (κ2) is 9.32. The van der Waals surface area contributed by atoms with Gasteiger partial charge in [0.1, 0.15) is 5.82 Å². The Morgan fingerprint density at radius 3 is 2.91 bits per heavy atom. The van der Waals surface area contributed by atoms with Crippen molar-refractivity contribution in [2.45, 2.75) is 18.5 Å². The topological polar surface area (TPSA) is 76.1 Å². The number of para-hydroxylation sites is 1. The van der Waals surface area contributed by atoms with Crippen LogP contribution < -0.4 is 10.6 Å². The van der Waals surface area contributed by atoms with Crippen LogP contribution in [0.25, 0.3) is 10.9 Å². The van der Waals surface area contributed by atoms with Gasteiger partial charge in [0, 0.05) is 32.2 Å². The maximum absolute atomic E-state index is 11.8. The minimum Gasteiger partial charge on any atom is -0.385 e. The molecule has 0 aliphatic heterocycles. The number of nitrogens with zero attached hydrogens (tertiary/aromatic N) is 2. The quantitative estimate of drug-likeness (QED) is 0.416. The predicted octanol–water partition coefficient (Wildman–Crippen LogP) is 2.31. The Bertz CT molecular complexity index is 651. The third-order valence-electron chi connectivity index (χ3n) is 3.11. The highest BCUT2D eigenvalue weighted by atomic mass is 32.2. The first-order chi connectivity index (χ1) is 11.2. The molecule has 0 fully saturated rings. The van der Waals surface area contributed by atoms with Crippen LogP contribution in [0.1, 0.15) is 13.3 Å². The van der Waals surface area contributed by atoms with Crippen molar-refractivity contribution in [3.63, 3.8) is 0 Å². The SMILES string of the molecule is CCNc1nc(SCC(=O)NCCCOC)nc2ccccc12. The summed E-state index contributed by atoms with van der Waals surface area (Å²) in [5.74, 6) is 1.09. The number of fused-ring (bicyclic) bond motifs is 1. The zero-order chi connectivity index (χ0) is 16.5. The summed E-state index contributed by atoms with van der Waals surface area (Å²) < 4.78 is 4.95. The molecule has 0 aliphatic carbocycles. The number of amides is 1. The highest BCUT2D eigenvalue weighted by molar-refractivity contribution is 7.99. The summed E-state index contributed by atoms with van der Waals surface area (Å²) in [6.07, 6.45) is 0.809. The molecule has 7 heteroatoms. The molecule has 2 N–H and O–H groups in total. The molecular formula is C16H22N4O2S. The van der Waals surface area contributed by atoms with Crippen molar-refractivity contribution in [2.75, 3.05) is 37.9 Å². The molecule has 1 amide bonds. The second-order valence-electron chi connectivity index (χ2n) is 4.89. The van der Waals surface area contributed by atoms with Crippen LogP contribution in [0.4, 0.5) is 5.82 Å². The molecule has 6 nitrogen and oxygen atoms in total. The molecule has 0 saturated heterocycles. The molecule has 124 valence electrons. The van der Waals surface area contributed by atoms with Crippen molar-refractivity contribution in [1.82, 2.24) is 15.3 Å². The average Bonchev–Trinajstić information content (AvgIpc) is 2.57. The molecule has 23 heavy (non-hydrogen) atoms. The molecule has 0 radical (unpaired) electrons. The Morgan fingerprint density at radius 2 is 2.13 bits per heavy atom. The number of aromatic nitrogens is 2. The average molecular weight is 334 g/mol. The van der Waals surface area contributed by atoms with E-state index >= 15 is 0 Å². The fourth-order valence-corrected chi connectivity index (χ4v) is 2.73. The molecule has 1 aromatic heterocycles. The highest BCUT2D eigenvalue weighted by Crippen LogP contribution is 2.24. The maximum Gasteiger partial charge on any atom is 0.230 e. The summed E-state index contributed by atoms with van der Waals surface area (Å²) in [5, 5.41) is 7.69. The van der Waals surface area contributed by atoms with E-state index in [0.29, 0.717) is 24.1 Å². The van der Waals surface area contributed by atoms with Gasteiger partial charge in [0.25, 0.3) is 0 Å². The van der Waals surface area contributed by atoms with Crippen LogP contribution in [0.3, 0.4) is 0 Å². The normalized spacial score (nSPS) is 10.7. The summed E-state index contributed by atoms with van der Waals surface area (Å²) in [5.41, 5.74) is 0.876. The largest absolute Gasteiger partial charge is 0.385 e. The summed E-state index contributed by atoms with van der Waals surface area (Å²) in [6.45, 7) is 4.07. The molecule has 0 unspecified atom stereocenters. The second-order valence-corrected chi connectivity index (χ2v) is 5.83. The van der Waals surface area contributed by atoms with Gasteiger partial charge in [-0.1, -0.05) is 23.9 Å². The fourth-order valence-electron chi connectivity index (χ4n) is 2.05. The van der Waals surface area contributed by atoms with Crippen LogP contribution in [0, 0.1) is 0 Å². The van der Waals surface area contributed by atoms with Crippen LogP contribution >= 0.6 is 11.8 Å². The lowest BCUT2D eigenvalue weighted by Crippen LogP contribution is -2.26. The summed E-state index contributed by atoms with van der Waals surface area (Å²) >= 11 is 1.34. The Morgan fingerprint density at radius 1 is 1.30 bits per heavy atom. The van der Waals surface area contributed by atoms with Crippen LogP contribution in [-0.2, 0) is 9.53 Å². The van der Waals surface area contributed by atoms with Crippen molar-refractivity contribution in [3.05, 3.63) is 24.3 Å². The number of benzene rings is 1. The van der Waals surface area contributed by atoms with E-state index in [1.807, 2.05) is 31.2 Å². The van der Waals surface area contributed by atoms with E-state index in [9.17, 15) is 4.79 Å². The number of hydrogen-bond donors (Lipinski definition) is 2. The van der Waals surface area contributed by atoms with Crippen molar-refractivity contribution in [2.24, 2.45) is 0 Å². The lowest BCUT2D eigenvalue weighted by Gasteiger charge is -2.09. The number of ether oxygens (including phenoxy) is 1. The van der Waals surface area contributed by atoms with E-state index in [1.54, 1.807) is 7.11 Å². The third-order valence-corrected chi connectivity index (χ3v) is 3.95. The van der Waals surface area contributed by atoms with E-state index in [0.717, 1.165) is 29.7 Å². The number of rotatable bonds is 9. The van der Waals surface area contributed by atoms with Gasteiger partial charge < -0.3 is 15.4 Å².